The Morgan fingerprint density at radius 3 is 2.91 bits per heavy atom. The maximum absolute atomic E-state index is 8.72. The Hall–Kier alpha value is 0.220. The fourth-order valence-corrected chi connectivity index (χ4v) is 2.70. The molecule has 6 heteroatoms. The molecule has 1 N–H and O–H groups in total. The van der Waals surface area contributed by atoms with E-state index in [1.165, 1.54) is 23.1 Å². The number of nitrogens with zero attached hydrogens (tertiary/aromatic N) is 2. The summed E-state index contributed by atoms with van der Waals surface area (Å²) in [6, 6.07) is 0. The molecule has 3 nitrogen and oxygen atoms in total. The highest BCUT2D eigenvalue weighted by Crippen LogP contribution is 2.27. The van der Waals surface area contributed by atoms with Gasteiger partial charge in [-0.3, -0.25) is 0 Å². The highest BCUT2D eigenvalue weighted by atomic mass is 32.2. The van der Waals surface area contributed by atoms with Crippen LogP contribution in [-0.4, -0.2) is 27.2 Å². The normalized spacial score (nSPS) is 13.4. The summed E-state index contributed by atoms with van der Waals surface area (Å²) in [7, 11) is 0. The highest BCUT2D eigenvalue weighted by molar-refractivity contribution is 8.01. The Labute approximate surface area is 78.6 Å². The standard InChI is InChI=1S/C5H8N2OS3/c1-3(2-8)10-5-7-6-4(9)11-5/h3,8H,2H2,1H3,(H,6,9). The van der Waals surface area contributed by atoms with E-state index < -0.39 is 0 Å². The number of aliphatic hydroxyl groups excluding tert-OH is 1. The van der Waals surface area contributed by atoms with Gasteiger partial charge in [-0.25, -0.2) is 0 Å². The van der Waals surface area contributed by atoms with E-state index >= 15 is 0 Å². The van der Waals surface area contributed by atoms with Gasteiger partial charge in [0.2, 0.25) is 0 Å². The van der Waals surface area contributed by atoms with Crippen molar-refractivity contribution in [3.05, 3.63) is 0 Å². The number of thioether (sulfide) groups is 1. The van der Waals surface area contributed by atoms with Gasteiger partial charge >= 0.3 is 0 Å². The third-order valence-electron chi connectivity index (χ3n) is 0.955. The van der Waals surface area contributed by atoms with Crippen molar-refractivity contribution in [3.63, 3.8) is 0 Å². The van der Waals surface area contributed by atoms with E-state index in [-0.39, 0.29) is 11.9 Å². The van der Waals surface area contributed by atoms with Crippen LogP contribution in [0, 0.1) is 0 Å². The van der Waals surface area contributed by atoms with Crippen LogP contribution in [0.25, 0.3) is 0 Å². The van der Waals surface area contributed by atoms with Crippen LogP contribution in [0.2, 0.25) is 0 Å². The van der Waals surface area contributed by atoms with Gasteiger partial charge in [0, 0.05) is 5.25 Å². The Bertz CT molecular complexity index is 227. The zero-order valence-electron chi connectivity index (χ0n) is 5.89. The molecule has 1 aromatic rings. The van der Waals surface area contributed by atoms with Crippen LogP contribution in [0.4, 0.5) is 0 Å². The minimum absolute atomic E-state index is 0.159. The summed E-state index contributed by atoms with van der Waals surface area (Å²) < 4.78 is 1.52. The van der Waals surface area contributed by atoms with Gasteiger partial charge in [-0.05, 0) is 0 Å². The van der Waals surface area contributed by atoms with Gasteiger partial charge in [-0.2, -0.15) is 0 Å². The molecule has 1 unspecified atom stereocenters. The summed E-state index contributed by atoms with van der Waals surface area (Å²) >= 11 is 6.96. The summed E-state index contributed by atoms with van der Waals surface area (Å²) in [4.78, 5) is 0. The van der Waals surface area contributed by atoms with E-state index in [1.807, 2.05) is 6.92 Å². The molecule has 0 saturated heterocycles. The van der Waals surface area contributed by atoms with Gasteiger partial charge in [-0.1, -0.05) is 30.0 Å². The molecule has 0 radical (unpaired) electrons. The van der Waals surface area contributed by atoms with E-state index in [2.05, 4.69) is 22.8 Å². The molecule has 0 aliphatic heterocycles. The van der Waals surface area contributed by atoms with Crippen LogP contribution < -0.4 is 0 Å². The average molecular weight is 208 g/mol. The summed E-state index contributed by atoms with van der Waals surface area (Å²) in [6.45, 7) is 2.09. The van der Waals surface area contributed by atoms with Crippen LogP contribution >= 0.6 is 35.7 Å². The summed E-state index contributed by atoms with van der Waals surface area (Å²) in [5.74, 6) is 0. The molecule has 0 spiro atoms. The maximum Gasteiger partial charge on any atom is 0.175 e. The maximum atomic E-state index is 8.72. The molecule has 11 heavy (non-hydrogen) atoms. The number of thiol groups is 1. The van der Waals surface area contributed by atoms with Crippen LogP contribution in [0.3, 0.4) is 0 Å². The minimum atomic E-state index is 0.159. The van der Waals surface area contributed by atoms with E-state index in [9.17, 15) is 0 Å². The first-order valence-electron chi connectivity index (χ1n) is 3.02. The lowest BCUT2D eigenvalue weighted by atomic mass is 10.5. The first kappa shape index (κ1) is 9.31. The van der Waals surface area contributed by atoms with Crippen LogP contribution in [0.5, 0.6) is 0 Å². The van der Waals surface area contributed by atoms with Crippen molar-refractivity contribution in [1.82, 2.24) is 10.2 Å². The SMILES string of the molecule is CC(CO)Sc1nnc(S)s1. The lowest BCUT2D eigenvalue weighted by molar-refractivity contribution is 0.300. The fraction of sp³-hybridized carbons (Fsp3) is 0.600. The molecular formula is C5H8N2OS3. The van der Waals surface area contributed by atoms with Crippen LogP contribution in [-0.2, 0) is 0 Å². The summed E-state index contributed by atoms with van der Waals surface area (Å²) in [5.41, 5.74) is 0. The highest BCUT2D eigenvalue weighted by Gasteiger charge is 2.06. The predicted molar refractivity (Wildman–Crippen MR) is 49.6 cm³/mol. The molecule has 0 saturated carbocycles. The lowest BCUT2D eigenvalue weighted by Gasteiger charge is -2.01. The number of aromatic nitrogens is 2. The monoisotopic (exact) mass is 208 g/mol. The molecule has 62 valence electrons. The molecule has 0 aliphatic carbocycles. The number of hydrogen-bond donors (Lipinski definition) is 2. The van der Waals surface area contributed by atoms with Crippen molar-refractivity contribution < 1.29 is 5.11 Å². The Balaban J connectivity index is 2.50. The van der Waals surface area contributed by atoms with Gasteiger partial charge < -0.3 is 5.11 Å². The molecular weight excluding hydrogens is 200 g/mol. The molecule has 1 atom stereocenters. The molecule has 0 fully saturated rings. The quantitative estimate of drug-likeness (QED) is 0.580. The number of rotatable bonds is 3. The van der Waals surface area contributed by atoms with Crippen molar-refractivity contribution in [2.75, 3.05) is 6.61 Å². The Morgan fingerprint density at radius 1 is 1.73 bits per heavy atom. The number of aliphatic hydroxyl groups is 1. The summed E-state index contributed by atoms with van der Waals surface area (Å²) in [6.07, 6.45) is 0. The lowest BCUT2D eigenvalue weighted by Crippen LogP contribution is -2.00. The Morgan fingerprint density at radius 2 is 2.45 bits per heavy atom. The molecule has 1 heterocycles. The van der Waals surface area contributed by atoms with Gasteiger partial charge in [0.15, 0.2) is 8.68 Å². The molecule has 0 bridgehead atoms. The van der Waals surface area contributed by atoms with Crippen molar-refractivity contribution in [1.29, 1.82) is 0 Å². The average Bonchev–Trinajstić information content (AvgIpc) is 2.35. The van der Waals surface area contributed by atoms with E-state index in [0.717, 1.165) is 4.34 Å². The predicted octanol–water partition coefficient (Wildman–Crippen LogP) is 1.30. The van der Waals surface area contributed by atoms with Gasteiger partial charge in [-0.15, -0.1) is 22.8 Å². The summed E-state index contributed by atoms with van der Waals surface area (Å²) in [5, 5.41) is 16.5. The van der Waals surface area contributed by atoms with E-state index in [1.54, 1.807) is 0 Å². The second kappa shape index (κ2) is 4.30. The van der Waals surface area contributed by atoms with Gasteiger partial charge in [0.1, 0.15) is 0 Å². The van der Waals surface area contributed by atoms with Crippen molar-refractivity contribution in [3.8, 4) is 0 Å². The van der Waals surface area contributed by atoms with Crippen LogP contribution in [0.1, 0.15) is 6.92 Å². The second-order valence-electron chi connectivity index (χ2n) is 1.96. The zero-order chi connectivity index (χ0) is 8.27. The van der Waals surface area contributed by atoms with Crippen molar-refractivity contribution in [2.24, 2.45) is 0 Å². The van der Waals surface area contributed by atoms with Crippen LogP contribution in [0.15, 0.2) is 8.68 Å². The Kier molecular flexibility index (Phi) is 3.64. The molecule has 0 aromatic carbocycles. The third-order valence-corrected chi connectivity index (χ3v) is 3.21. The number of hydrogen-bond acceptors (Lipinski definition) is 6. The first-order valence-corrected chi connectivity index (χ1v) is 5.16. The topological polar surface area (TPSA) is 46.0 Å². The first-order chi connectivity index (χ1) is 5.22. The second-order valence-corrected chi connectivity index (χ2v) is 5.35. The molecule has 0 aliphatic rings. The van der Waals surface area contributed by atoms with Gasteiger partial charge in [0.05, 0.1) is 6.61 Å². The smallest absolute Gasteiger partial charge is 0.175 e. The fourth-order valence-electron chi connectivity index (χ4n) is 0.460. The molecule has 1 aromatic heterocycles. The van der Waals surface area contributed by atoms with E-state index in [4.69, 9.17) is 5.11 Å². The zero-order valence-corrected chi connectivity index (χ0v) is 8.42. The molecule has 1 rings (SSSR count). The third kappa shape index (κ3) is 2.98. The largest absolute Gasteiger partial charge is 0.395 e. The van der Waals surface area contributed by atoms with Crippen molar-refractivity contribution >= 4 is 35.7 Å². The molecule has 0 amide bonds. The van der Waals surface area contributed by atoms with Crippen molar-refractivity contribution in [2.45, 2.75) is 20.9 Å². The van der Waals surface area contributed by atoms with Gasteiger partial charge in [0.25, 0.3) is 0 Å². The minimum Gasteiger partial charge on any atom is -0.395 e. The van der Waals surface area contributed by atoms with E-state index in [0.29, 0.717) is 4.34 Å².